The van der Waals surface area contributed by atoms with E-state index >= 15 is 0 Å². The van der Waals surface area contributed by atoms with E-state index < -0.39 is 30.2 Å². The van der Waals surface area contributed by atoms with E-state index in [1.165, 1.54) is 6.42 Å². The Kier molecular flexibility index (Phi) is 20.5. The van der Waals surface area contributed by atoms with Crippen LogP contribution in [0, 0.1) is 17.8 Å². The average molecular weight is 810 g/mol. The molecular formula is C45H75N7O6. The first kappa shape index (κ1) is 48.7. The number of hydrogen-bond donors (Lipinski definition) is 2. The second-order valence-electron chi connectivity index (χ2n) is 16.5. The van der Waals surface area contributed by atoms with Crippen molar-refractivity contribution in [3.05, 3.63) is 35.9 Å². The highest BCUT2D eigenvalue weighted by atomic mass is 16.5. The standard InChI is InChI=1S/C42H67N7O6.C3H8/c1-10-21-44-40(43-5)32(23-29-16-13-12-14-17-29)46-41(52)28(4)39(55-9)33-18-15-22-49(33)35(50)25-34(54-8)37(27(3)11-2)48(7)36(51)26-45-42(53)38-30-19-20-31(24-30)47(38)6;1-3-2/h12-14,16-17,21,27-28,30-34,37-39H,10-11,15,18-20,22-26H2,1-9H3,(H,45,53)(H,46,52);3H2,1-2H3/t27?,28?,30?,31?,32-,33?,34?,37?,38?,39?;/m0./s1. The number of likely N-dealkylation sites (N-methyl/N-ethyl adjacent to an activating group) is 2. The Morgan fingerprint density at radius 1 is 1.02 bits per heavy atom. The van der Waals surface area contributed by atoms with Crippen LogP contribution in [0.25, 0.3) is 0 Å². The number of rotatable bonds is 19. The molecule has 2 saturated heterocycles. The molecule has 1 saturated carbocycles. The van der Waals surface area contributed by atoms with Gasteiger partial charge in [0.25, 0.3) is 0 Å². The van der Waals surface area contributed by atoms with Crippen molar-refractivity contribution in [2.24, 2.45) is 27.7 Å². The highest BCUT2D eigenvalue weighted by Crippen LogP contribution is 2.41. The molecule has 10 atom stereocenters. The van der Waals surface area contributed by atoms with Gasteiger partial charge in [-0.15, -0.1) is 0 Å². The number of ether oxygens (including phenoxy) is 2. The van der Waals surface area contributed by atoms with Crippen LogP contribution in [0.2, 0.25) is 0 Å². The van der Waals surface area contributed by atoms with E-state index in [1.807, 2.05) is 56.1 Å². The summed E-state index contributed by atoms with van der Waals surface area (Å²) >= 11 is 0. The zero-order valence-corrected chi connectivity index (χ0v) is 37.4. The molecule has 1 aliphatic carbocycles. The van der Waals surface area contributed by atoms with Crippen molar-refractivity contribution in [2.75, 3.05) is 48.5 Å². The normalized spacial score (nSPS) is 23.7. The third kappa shape index (κ3) is 12.7. The van der Waals surface area contributed by atoms with Gasteiger partial charge in [-0.3, -0.25) is 29.1 Å². The number of piperidine rings is 1. The maximum Gasteiger partial charge on any atom is 0.242 e. The van der Waals surface area contributed by atoms with E-state index in [4.69, 9.17) is 9.47 Å². The number of amides is 4. The van der Waals surface area contributed by atoms with Gasteiger partial charge >= 0.3 is 0 Å². The lowest BCUT2D eigenvalue weighted by Gasteiger charge is -2.39. The number of nitrogens with zero attached hydrogens (tertiary/aromatic N) is 5. The molecule has 13 heteroatoms. The summed E-state index contributed by atoms with van der Waals surface area (Å²) < 4.78 is 12.0. The van der Waals surface area contributed by atoms with Crippen LogP contribution in [0.4, 0.5) is 0 Å². The summed E-state index contributed by atoms with van der Waals surface area (Å²) in [7, 11) is 8.58. The zero-order chi connectivity index (χ0) is 42.9. The van der Waals surface area contributed by atoms with Crippen molar-refractivity contribution in [2.45, 2.75) is 148 Å². The fourth-order valence-electron chi connectivity index (χ4n) is 9.17. The third-order valence-electron chi connectivity index (χ3n) is 12.4. The molecule has 13 nitrogen and oxygen atoms in total. The minimum absolute atomic E-state index is 0.0194. The lowest BCUT2D eigenvalue weighted by Crippen LogP contribution is -2.55. The van der Waals surface area contributed by atoms with Gasteiger partial charge in [-0.05, 0) is 69.4 Å². The van der Waals surface area contributed by atoms with Crippen molar-refractivity contribution < 1.29 is 28.7 Å². The molecule has 2 aliphatic heterocycles. The Balaban J connectivity index is 0.00000291. The van der Waals surface area contributed by atoms with Crippen molar-refractivity contribution >= 4 is 35.7 Å². The van der Waals surface area contributed by atoms with Crippen LogP contribution in [0.3, 0.4) is 0 Å². The summed E-state index contributed by atoms with van der Waals surface area (Å²) in [5, 5.41) is 6.11. The molecule has 4 rings (SSSR count). The van der Waals surface area contributed by atoms with Crippen LogP contribution >= 0.6 is 0 Å². The highest BCUT2D eigenvalue weighted by Gasteiger charge is 2.47. The Morgan fingerprint density at radius 3 is 2.28 bits per heavy atom. The number of hydrogen-bond acceptors (Lipinski definition) is 8. The van der Waals surface area contributed by atoms with Crippen LogP contribution in [-0.2, 0) is 35.1 Å². The maximum absolute atomic E-state index is 14.2. The molecule has 1 aromatic carbocycles. The summed E-state index contributed by atoms with van der Waals surface area (Å²) in [5.41, 5.74) is 1.05. The van der Waals surface area contributed by atoms with Gasteiger partial charge in [0.2, 0.25) is 23.6 Å². The Labute approximate surface area is 349 Å². The van der Waals surface area contributed by atoms with E-state index in [9.17, 15) is 19.2 Å². The highest BCUT2D eigenvalue weighted by molar-refractivity contribution is 5.96. The number of methoxy groups -OCH3 is 2. The zero-order valence-electron chi connectivity index (χ0n) is 37.4. The number of fused-ring (bicyclic) bond motifs is 2. The van der Waals surface area contributed by atoms with Gasteiger partial charge in [-0.1, -0.05) is 84.7 Å². The molecule has 2 bridgehead atoms. The maximum atomic E-state index is 14.2. The fourth-order valence-corrected chi connectivity index (χ4v) is 9.17. The quantitative estimate of drug-likeness (QED) is 0.145. The molecule has 1 aromatic rings. The van der Waals surface area contributed by atoms with E-state index in [-0.39, 0.29) is 54.6 Å². The molecule has 3 fully saturated rings. The van der Waals surface area contributed by atoms with Gasteiger partial charge in [-0.2, -0.15) is 0 Å². The minimum atomic E-state index is -0.584. The number of likely N-dealkylation sites (tertiary alicyclic amines) is 2. The van der Waals surface area contributed by atoms with Gasteiger partial charge < -0.3 is 29.9 Å². The lowest BCUT2D eigenvalue weighted by atomic mass is 9.90. The SMILES string of the molecule is CCC.CCC=NC(=NC)[C@H](Cc1ccccc1)NC(=O)C(C)C(OC)C1CCCN1C(=O)CC(OC)C(C(C)CC)N(C)C(=O)CNC(=O)C1C2CCC(C2)N1C. The second-order valence-corrected chi connectivity index (χ2v) is 16.5. The summed E-state index contributed by atoms with van der Waals surface area (Å²) in [6.45, 7) is 12.6. The number of carbonyl (C=O) groups is 4. The second kappa shape index (κ2) is 24.4. The summed E-state index contributed by atoms with van der Waals surface area (Å²) in [6.07, 6.45) is 8.68. The fraction of sp³-hybridized carbons (Fsp3) is 0.733. The van der Waals surface area contributed by atoms with Crippen LogP contribution in [-0.4, -0.2) is 141 Å². The number of amidine groups is 1. The Hall–Kier alpha value is -3.68. The van der Waals surface area contributed by atoms with E-state index in [2.05, 4.69) is 53.2 Å². The molecule has 0 radical (unpaired) electrons. The number of nitrogens with one attached hydrogen (secondary N) is 2. The minimum Gasteiger partial charge on any atom is -0.379 e. The average Bonchev–Trinajstić information content (AvgIpc) is 3.98. The summed E-state index contributed by atoms with van der Waals surface area (Å²) in [4.78, 5) is 69.6. The molecule has 3 aliphatic rings. The van der Waals surface area contributed by atoms with Crippen molar-refractivity contribution in [1.29, 1.82) is 0 Å². The monoisotopic (exact) mass is 810 g/mol. The van der Waals surface area contributed by atoms with Gasteiger partial charge in [0.15, 0.2) is 0 Å². The first-order valence-electron chi connectivity index (χ1n) is 21.8. The predicted octanol–water partition coefficient (Wildman–Crippen LogP) is 5.16. The van der Waals surface area contributed by atoms with Crippen molar-refractivity contribution in [3.63, 3.8) is 0 Å². The number of benzene rings is 1. The molecule has 9 unspecified atom stereocenters. The molecule has 0 aromatic heterocycles. The van der Waals surface area contributed by atoms with Crippen molar-refractivity contribution in [1.82, 2.24) is 25.3 Å². The van der Waals surface area contributed by atoms with Crippen LogP contribution < -0.4 is 10.6 Å². The van der Waals surface area contributed by atoms with Gasteiger partial charge in [-0.25, -0.2) is 4.99 Å². The van der Waals surface area contributed by atoms with Gasteiger partial charge in [0.05, 0.1) is 55.3 Å². The number of aliphatic imine (C=N–C) groups is 2. The smallest absolute Gasteiger partial charge is 0.242 e. The van der Waals surface area contributed by atoms with Crippen LogP contribution in [0.15, 0.2) is 40.3 Å². The molecule has 4 amide bonds. The Morgan fingerprint density at radius 2 is 1.71 bits per heavy atom. The van der Waals surface area contributed by atoms with E-state index in [0.717, 1.165) is 44.1 Å². The molecule has 2 N–H and O–H groups in total. The van der Waals surface area contributed by atoms with E-state index in [1.54, 1.807) is 39.4 Å². The van der Waals surface area contributed by atoms with E-state index in [0.29, 0.717) is 37.2 Å². The topological polar surface area (TPSA) is 145 Å². The Bertz CT molecular complexity index is 1510. The van der Waals surface area contributed by atoms with Gasteiger partial charge in [0.1, 0.15) is 5.84 Å². The summed E-state index contributed by atoms with van der Waals surface area (Å²) in [5.74, 6) is -0.313. The first-order chi connectivity index (χ1) is 27.8. The van der Waals surface area contributed by atoms with Gasteiger partial charge in [0, 0.05) is 47.1 Å². The number of carbonyl (C=O) groups excluding carboxylic acids is 4. The summed E-state index contributed by atoms with van der Waals surface area (Å²) in [6, 6.07) is 9.01. The molecule has 326 valence electrons. The first-order valence-corrected chi connectivity index (χ1v) is 21.8. The molecule has 2 heterocycles. The predicted molar refractivity (Wildman–Crippen MR) is 232 cm³/mol. The lowest BCUT2D eigenvalue weighted by molar-refractivity contribution is -0.146. The third-order valence-corrected chi connectivity index (χ3v) is 12.4. The van der Waals surface area contributed by atoms with Crippen molar-refractivity contribution in [3.8, 4) is 0 Å². The van der Waals surface area contributed by atoms with Crippen LogP contribution in [0.5, 0.6) is 0 Å². The molecule has 58 heavy (non-hydrogen) atoms. The largest absolute Gasteiger partial charge is 0.379 e. The molecule has 0 spiro atoms. The molecular weight excluding hydrogens is 735 g/mol. The van der Waals surface area contributed by atoms with Crippen LogP contribution in [0.1, 0.15) is 105 Å².